The number of nitrogens with zero attached hydrogens (tertiary/aromatic N) is 2. The van der Waals surface area contributed by atoms with Crippen LogP contribution in [-0.2, 0) is 11.3 Å². The lowest BCUT2D eigenvalue weighted by Crippen LogP contribution is -2.42. The number of anilines is 1. The maximum Gasteiger partial charge on any atom is 0.387 e. The van der Waals surface area contributed by atoms with E-state index in [0.717, 1.165) is 5.69 Å². The molecule has 0 saturated heterocycles. The van der Waals surface area contributed by atoms with Crippen molar-refractivity contribution in [2.24, 2.45) is 4.99 Å². The summed E-state index contributed by atoms with van der Waals surface area (Å²) in [6.45, 7) is -1.63. The van der Waals surface area contributed by atoms with Gasteiger partial charge in [0, 0.05) is 32.2 Å². The van der Waals surface area contributed by atoms with Crippen LogP contribution < -0.4 is 29.7 Å². The Morgan fingerprint density at radius 3 is 2.76 bits per heavy atom. The van der Waals surface area contributed by atoms with E-state index in [-0.39, 0.29) is 48.8 Å². The highest BCUT2D eigenvalue weighted by atomic mass is 127. The molecule has 0 atom stereocenters. The number of alkyl halides is 2. The molecule has 1 heterocycles. The van der Waals surface area contributed by atoms with Gasteiger partial charge < -0.3 is 29.7 Å². The number of methoxy groups -OCH3 is 1. The van der Waals surface area contributed by atoms with Crippen molar-refractivity contribution in [2.75, 3.05) is 38.8 Å². The van der Waals surface area contributed by atoms with E-state index in [2.05, 4.69) is 20.4 Å². The SMILES string of the molecule is CN=C(NCCCN1C(=O)COc2ccccc21)NCc1cc(OC)ccc1OC(F)F.I. The Morgan fingerprint density at radius 2 is 2.03 bits per heavy atom. The van der Waals surface area contributed by atoms with Crippen LogP contribution in [-0.4, -0.2) is 52.3 Å². The number of para-hydroxylation sites is 2. The molecule has 0 unspecified atom stereocenters. The minimum atomic E-state index is -2.92. The number of ether oxygens (including phenoxy) is 3. The van der Waals surface area contributed by atoms with Crippen LogP contribution in [0.25, 0.3) is 0 Å². The molecule has 0 saturated carbocycles. The van der Waals surface area contributed by atoms with Crippen LogP contribution in [0.2, 0.25) is 0 Å². The fraction of sp³-hybridized carbons (Fsp3) is 0.364. The summed E-state index contributed by atoms with van der Waals surface area (Å²) in [5, 5.41) is 6.23. The summed E-state index contributed by atoms with van der Waals surface area (Å²) in [5.74, 6) is 1.69. The van der Waals surface area contributed by atoms with Crippen molar-refractivity contribution >= 4 is 41.5 Å². The standard InChI is InChI=1S/C22H26F2N4O4.HI/c1-25-22(27-13-15-12-16(30-2)8-9-18(15)32-21(23)24)26-10-5-11-28-17-6-3-4-7-19(17)31-14-20(28)29;/h3-4,6-9,12,21H,5,10-11,13-14H2,1-2H3,(H2,25,26,27);1H. The highest BCUT2D eigenvalue weighted by molar-refractivity contribution is 14.0. The number of benzene rings is 2. The minimum absolute atomic E-state index is 0. The normalized spacial score (nSPS) is 13.1. The predicted octanol–water partition coefficient (Wildman–Crippen LogP) is 3.40. The average Bonchev–Trinajstić information content (AvgIpc) is 2.80. The summed E-state index contributed by atoms with van der Waals surface area (Å²) in [6, 6.07) is 12.0. The molecular formula is C22H27F2IN4O4. The molecule has 180 valence electrons. The van der Waals surface area contributed by atoms with Crippen molar-refractivity contribution in [3.8, 4) is 17.2 Å². The summed E-state index contributed by atoms with van der Waals surface area (Å²) in [5.41, 5.74) is 1.26. The van der Waals surface area contributed by atoms with E-state index in [0.29, 0.717) is 42.5 Å². The maximum absolute atomic E-state index is 12.7. The molecule has 1 aliphatic rings. The molecule has 3 rings (SSSR count). The largest absolute Gasteiger partial charge is 0.497 e. The van der Waals surface area contributed by atoms with Gasteiger partial charge in [0.1, 0.15) is 17.2 Å². The van der Waals surface area contributed by atoms with Crippen molar-refractivity contribution in [1.82, 2.24) is 10.6 Å². The molecule has 0 aliphatic carbocycles. The van der Waals surface area contributed by atoms with E-state index in [1.54, 1.807) is 24.1 Å². The van der Waals surface area contributed by atoms with Gasteiger partial charge in [-0.3, -0.25) is 9.79 Å². The summed E-state index contributed by atoms with van der Waals surface area (Å²) in [6.07, 6.45) is 0.666. The number of halogens is 3. The third-order valence-corrected chi connectivity index (χ3v) is 4.81. The molecule has 11 heteroatoms. The van der Waals surface area contributed by atoms with E-state index in [9.17, 15) is 13.6 Å². The van der Waals surface area contributed by atoms with E-state index >= 15 is 0 Å². The van der Waals surface area contributed by atoms with Gasteiger partial charge in [-0.1, -0.05) is 12.1 Å². The second kappa shape index (κ2) is 13.0. The zero-order chi connectivity index (χ0) is 22.9. The summed E-state index contributed by atoms with van der Waals surface area (Å²) < 4.78 is 40.6. The Labute approximate surface area is 208 Å². The van der Waals surface area contributed by atoms with Crippen LogP contribution in [0.4, 0.5) is 14.5 Å². The lowest BCUT2D eigenvalue weighted by Gasteiger charge is -2.29. The van der Waals surface area contributed by atoms with Crippen LogP contribution in [0.1, 0.15) is 12.0 Å². The monoisotopic (exact) mass is 576 g/mol. The molecule has 33 heavy (non-hydrogen) atoms. The van der Waals surface area contributed by atoms with Crippen molar-refractivity contribution in [3.63, 3.8) is 0 Å². The van der Waals surface area contributed by atoms with E-state index in [4.69, 9.17) is 9.47 Å². The van der Waals surface area contributed by atoms with Gasteiger partial charge in [0.2, 0.25) is 0 Å². The number of nitrogens with one attached hydrogen (secondary N) is 2. The molecule has 0 fully saturated rings. The van der Waals surface area contributed by atoms with Crippen molar-refractivity contribution in [1.29, 1.82) is 0 Å². The summed E-state index contributed by atoms with van der Waals surface area (Å²) in [7, 11) is 3.11. The summed E-state index contributed by atoms with van der Waals surface area (Å²) in [4.78, 5) is 18.1. The zero-order valence-electron chi connectivity index (χ0n) is 18.3. The first-order valence-electron chi connectivity index (χ1n) is 10.1. The van der Waals surface area contributed by atoms with Crippen molar-refractivity contribution in [3.05, 3.63) is 48.0 Å². The Kier molecular flexibility index (Phi) is 10.4. The highest BCUT2D eigenvalue weighted by Crippen LogP contribution is 2.31. The first-order chi connectivity index (χ1) is 15.5. The molecular weight excluding hydrogens is 549 g/mol. The van der Waals surface area contributed by atoms with Crippen molar-refractivity contribution in [2.45, 2.75) is 19.6 Å². The molecule has 0 spiro atoms. The summed E-state index contributed by atoms with van der Waals surface area (Å²) >= 11 is 0. The van der Waals surface area contributed by atoms with Crippen LogP contribution in [0.15, 0.2) is 47.5 Å². The topological polar surface area (TPSA) is 84.4 Å². The van der Waals surface area contributed by atoms with Gasteiger partial charge in [0.15, 0.2) is 12.6 Å². The number of hydrogen-bond acceptors (Lipinski definition) is 5. The fourth-order valence-corrected chi connectivity index (χ4v) is 3.27. The minimum Gasteiger partial charge on any atom is -0.497 e. The first-order valence-corrected chi connectivity index (χ1v) is 10.1. The number of fused-ring (bicyclic) bond motifs is 1. The van der Waals surface area contributed by atoms with Gasteiger partial charge in [-0.15, -0.1) is 24.0 Å². The van der Waals surface area contributed by atoms with Crippen LogP contribution in [0.3, 0.4) is 0 Å². The van der Waals surface area contributed by atoms with Gasteiger partial charge in [-0.05, 0) is 36.8 Å². The number of carbonyl (C=O) groups is 1. The Balaban J connectivity index is 0.00000385. The second-order valence-electron chi connectivity index (χ2n) is 6.86. The van der Waals surface area contributed by atoms with Gasteiger partial charge in [-0.2, -0.15) is 8.78 Å². The molecule has 2 aromatic carbocycles. The number of amides is 1. The molecule has 2 N–H and O–H groups in total. The maximum atomic E-state index is 12.7. The predicted molar refractivity (Wildman–Crippen MR) is 132 cm³/mol. The Bertz CT molecular complexity index is 962. The van der Waals surface area contributed by atoms with E-state index in [1.165, 1.54) is 13.2 Å². The molecule has 0 radical (unpaired) electrons. The van der Waals surface area contributed by atoms with Gasteiger partial charge in [-0.25, -0.2) is 0 Å². The molecule has 1 aliphatic heterocycles. The number of carbonyl (C=O) groups excluding carboxylic acids is 1. The van der Waals surface area contributed by atoms with Gasteiger partial charge in [0.25, 0.3) is 5.91 Å². The number of guanidine groups is 1. The van der Waals surface area contributed by atoms with Crippen LogP contribution >= 0.6 is 24.0 Å². The van der Waals surface area contributed by atoms with Crippen LogP contribution in [0.5, 0.6) is 17.2 Å². The smallest absolute Gasteiger partial charge is 0.387 e. The quantitative estimate of drug-likeness (QED) is 0.206. The van der Waals surface area contributed by atoms with E-state index < -0.39 is 6.61 Å². The lowest BCUT2D eigenvalue weighted by molar-refractivity contribution is -0.121. The molecule has 1 amide bonds. The van der Waals surface area contributed by atoms with Crippen LogP contribution in [0, 0.1) is 0 Å². The van der Waals surface area contributed by atoms with Crippen molar-refractivity contribution < 1.29 is 27.8 Å². The van der Waals surface area contributed by atoms with Gasteiger partial charge >= 0.3 is 6.61 Å². The molecule has 8 nitrogen and oxygen atoms in total. The molecule has 0 bridgehead atoms. The lowest BCUT2D eigenvalue weighted by atomic mass is 10.2. The molecule has 2 aromatic rings. The van der Waals surface area contributed by atoms with E-state index in [1.807, 2.05) is 24.3 Å². The Morgan fingerprint density at radius 1 is 1.24 bits per heavy atom. The van der Waals surface area contributed by atoms with Gasteiger partial charge in [0.05, 0.1) is 12.8 Å². The number of hydrogen-bond donors (Lipinski definition) is 2. The third kappa shape index (κ3) is 7.34. The third-order valence-electron chi connectivity index (χ3n) is 4.81. The number of aliphatic imine (C=N–C) groups is 1. The average molecular weight is 576 g/mol. The Hall–Kier alpha value is -2.83. The molecule has 0 aromatic heterocycles. The zero-order valence-corrected chi connectivity index (χ0v) is 20.7. The highest BCUT2D eigenvalue weighted by Gasteiger charge is 2.24. The fourth-order valence-electron chi connectivity index (χ4n) is 3.27. The first kappa shape index (κ1) is 26.4. The number of rotatable bonds is 9. The second-order valence-corrected chi connectivity index (χ2v) is 6.86.